The van der Waals surface area contributed by atoms with Gasteiger partial charge in [-0.15, -0.1) is 0 Å². The third-order valence-corrected chi connectivity index (χ3v) is 3.38. The summed E-state index contributed by atoms with van der Waals surface area (Å²) in [6.07, 6.45) is 1.97. The molecule has 21 heavy (non-hydrogen) atoms. The number of halogens is 1. The predicted octanol–water partition coefficient (Wildman–Crippen LogP) is 1.23. The van der Waals surface area contributed by atoms with Crippen molar-refractivity contribution in [2.75, 3.05) is 26.2 Å². The second-order valence-electron chi connectivity index (χ2n) is 4.66. The number of aromatic nitrogens is 1. The van der Waals surface area contributed by atoms with Crippen LogP contribution in [0.25, 0.3) is 0 Å². The van der Waals surface area contributed by atoms with Crippen LogP contribution in [0, 0.1) is 5.92 Å². The Kier molecular flexibility index (Phi) is 5.21. The molecule has 0 bridgehead atoms. The first kappa shape index (κ1) is 15.4. The van der Waals surface area contributed by atoms with E-state index < -0.39 is 11.9 Å². The third kappa shape index (κ3) is 4.49. The first-order chi connectivity index (χ1) is 10.1. The molecule has 1 aromatic heterocycles. The molecule has 1 unspecified atom stereocenters. The van der Waals surface area contributed by atoms with Crippen molar-refractivity contribution in [2.24, 2.45) is 5.92 Å². The van der Waals surface area contributed by atoms with Crippen LogP contribution in [0.3, 0.4) is 0 Å². The summed E-state index contributed by atoms with van der Waals surface area (Å²) in [5.74, 6) is -0.895. The minimum atomic E-state index is -0.859. The molecular formula is C13H16ClN3O4. The number of nitrogens with zero attached hydrogens (tertiary/aromatic N) is 2. The quantitative estimate of drug-likeness (QED) is 0.798. The SMILES string of the molecule is O=C(O)C1CCN(C(=O)NCCOc2ccc(Cl)cn2)C1. The van der Waals surface area contributed by atoms with Crippen LogP contribution >= 0.6 is 11.6 Å². The maximum absolute atomic E-state index is 11.8. The van der Waals surface area contributed by atoms with Gasteiger partial charge in [0, 0.05) is 25.4 Å². The van der Waals surface area contributed by atoms with Crippen molar-refractivity contribution in [3.63, 3.8) is 0 Å². The van der Waals surface area contributed by atoms with Crippen molar-refractivity contribution in [3.05, 3.63) is 23.4 Å². The molecule has 1 aliphatic rings. The Morgan fingerprint density at radius 3 is 2.95 bits per heavy atom. The van der Waals surface area contributed by atoms with Crippen molar-refractivity contribution >= 4 is 23.6 Å². The number of amides is 2. The number of likely N-dealkylation sites (tertiary alicyclic amines) is 1. The van der Waals surface area contributed by atoms with E-state index in [2.05, 4.69) is 10.3 Å². The van der Waals surface area contributed by atoms with Crippen LogP contribution < -0.4 is 10.1 Å². The Morgan fingerprint density at radius 2 is 2.33 bits per heavy atom. The fraction of sp³-hybridized carbons (Fsp3) is 0.462. The molecule has 0 aliphatic carbocycles. The number of ether oxygens (including phenoxy) is 1. The highest BCUT2D eigenvalue weighted by Crippen LogP contribution is 2.16. The van der Waals surface area contributed by atoms with Crippen LogP contribution in [-0.4, -0.2) is 53.2 Å². The van der Waals surface area contributed by atoms with E-state index in [0.29, 0.717) is 30.4 Å². The molecule has 114 valence electrons. The number of urea groups is 1. The summed E-state index contributed by atoms with van der Waals surface area (Å²) in [6.45, 7) is 1.30. The zero-order valence-corrected chi connectivity index (χ0v) is 12.0. The van der Waals surface area contributed by atoms with Gasteiger partial charge in [-0.2, -0.15) is 0 Å². The number of carbonyl (C=O) groups is 2. The second kappa shape index (κ2) is 7.12. The van der Waals surface area contributed by atoms with E-state index in [1.54, 1.807) is 12.1 Å². The van der Waals surface area contributed by atoms with Crippen molar-refractivity contribution in [2.45, 2.75) is 6.42 Å². The molecule has 0 spiro atoms. The molecular weight excluding hydrogens is 298 g/mol. The summed E-state index contributed by atoms with van der Waals surface area (Å²) in [4.78, 5) is 28.1. The van der Waals surface area contributed by atoms with Crippen molar-refractivity contribution in [1.82, 2.24) is 15.2 Å². The molecule has 7 nitrogen and oxygen atoms in total. The Balaban J connectivity index is 1.66. The summed E-state index contributed by atoms with van der Waals surface area (Å²) in [7, 11) is 0. The standard InChI is InChI=1S/C13H16ClN3O4/c14-10-1-2-11(16-7-10)21-6-4-15-13(20)17-5-3-9(8-17)12(18)19/h1-2,7,9H,3-6,8H2,(H,15,20)(H,18,19). The second-order valence-corrected chi connectivity index (χ2v) is 5.10. The molecule has 1 aliphatic heterocycles. The molecule has 1 fully saturated rings. The molecule has 2 heterocycles. The van der Waals surface area contributed by atoms with E-state index in [1.165, 1.54) is 11.1 Å². The molecule has 0 saturated carbocycles. The number of rotatable bonds is 5. The van der Waals surface area contributed by atoms with Gasteiger partial charge >= 0.3 is 12.0 Å². The average Bonchev–Trinajstić information content (AvgIpc) is 2.95. The van der Waals surface area contributed by atoms with Crippen LogP contribution in [0.5, 0.6) is 5.88 Å². The van der Waals surface area contributed by atoms with Crippen LogP contribution in [0.1, 0.15) is 6.42 Å². The highest BCUT2D eigenvalue weighted by molar-refractivity contribution is 6.30. The Labute approximate surface area is 126 Å². The smallest absolute Gasteiger partial charge is 0.317 e. The van der Waals surface area contributed by atoms with Gasteiger partial charge in [0.25, 0.3) is 0 Å². The van der Waals surface area contributed by atoms with Gasteiger partial charge in [-0.1, -0.05) is 11.6 Å². The van der Waals surface area contributed by atoms with Gasteiger partial charge in [-0.3, -0.25) is 4.79 Å². The van der Waals surface area contributed by atoms with Crippen molar-refractivity contribution in [1.29, 1.82) is 0 Å². The zero-order chi connectivity index (χ0) is 15.2. The first-order valence-electron chi connectivity index (χ1n) is 6.56. The van der Waals surface area contributed by atoms with E-state index in [9.17, 15) is 9.59 Å². The number of hydrogen-bond acceptors (Lipinski definition) is 4. The van der Waals surface area contributed by atoms with E-state index in [1.807, 2.05) is 0 Å². The van der Waals surface area contributed by atoms with Crippen LogP contribution in [0.2, 0.25) is 5.02 Å². The van der Waals surface area contributed by atoms with Gasteiger partial charge < -0.3 is 20.1 Å². The molecule has 1 aromatic rings. The zero-order valence-electron chi connectivity index (χ0n) is 11.3. The van der Waals surface area contributed by atoms with Gasteiger partial charge in [0.05, 0.1) is 17.5 Å². The number of nitrogens with one attached hydrogen (secondary N) is 1. The van der Waals surface area contributed by atoms with Gasteiger partial charge in [0.2, 0.25) is 5.88 Å². The Bertz CT molecular complexity index is 509. The van der Waals surface area contributed by atoms with E-state index >= 15 is 0 Å². The molecule has 1 atom stereocenters. The number of hydrogen-bond donors (Lipinski definition) is 2. The first-order valence-corrected chi connectivity index (χ1v) is 6.94. The fourth-order valence-electron chi connectivity index (χ4n) is 2.02. The van der Waals surface area contributed by atoms with E-state index in [-0.39, 0.29) is 19.2 Å². The fourth-order valence-corrected chi connectivity index (χ4v) is 2.13. The third-order valence-electron chi connectivity index (χ3n) is 3.15. The van der Waals surface area contributed by atoms with E-state index in [4.69, 9.17) is 21.4 Å². The van der Waals surface area contributed by atoms with Crippen molar-refractivity contribution < 1.29 is 19.4 Å². The Hall–Kier alpha value is -2.02. The molecule has 1 saturated heterocycles. The monoisotopic (exact) mass is 313 g/mol. The highest BCUT2D eigenvalue weighted by atomic mass is 35.5. The Morgan fingerprint density at radius 1 is 1.52 bits per heavy atom. The van der Waals surface area contributed by atoms with Gasteiger partial charge in [-0.25, -0.2) is 9.78 Å². The molecule has 8 heteroatoms. The lowest BCUT2D eigenvalue weighted by Gasteiger charge is -2.16. The molecule has 2 amide bonds. The maximum Gasteiger partial charge on any atom is 0.317 e. The summed E-state index contributed by atoms with van der Waals surface area (Å²) in [5, 5.41) is 12.1. The van der Waals surface area contributed by atoms with Crippen molar-refractivity contribution in [3.8, 4) is 5.88 Å². The topological polar surface area (TPSA) is 91.8 Å². The molecule has 2 rings (SSSR count). The summed E-state index contributed by atoms with van der Waals surface area (Å²) in [5.41, 5.74) is 0. The van der Waals surface area contributed by atoms with Gasteiger partial charge in [0.15, 0.2) is 0 Å². The summed E-state index contributed by atoms with van der Waals surface area (Å²) >= 11 is 5.70. The normalized spacial score (nSPS) is 17.6. The molecule has 0 aromatic carbocycles. The summed E-state index contributed by atoms with van der Waals surface area (Å²) in [6, 6.07) is 3.03. The average molecular weight is 314 g/mol. The predicted molar refractivity (Wildman–Crippen MR) is 75.5 cm³/mol. The number of carboxylic acids is 1. The lowest BCUT2D eigenvalue weighted by molar-refractivity contribution is -0.141. The molecule has 2 N–H and O–H groups in total. The maximum atomic E-state index is 11.8. The minimum absolute atomic E-state index is 0.251. The highest BCUT2D eigenvalue weighted by Gasteiger charge is 2.30. The van der Waals surface area contributed by atoms with Crippen LogP contribution in [0.4, 0.5) is 4.79 Å². The molecule has 0 radical (unpaired) electrons. The minimum Gasteiger partial charge on any atom is -0.481 e. The lowest BCUT2D eigenvalue weighted by atomic mass is 10.1. The number of carbonyl (C=O) groups excluding carboxylic acids is 1. The largest absolute Gasteiger partial charge is 0.481 e. The number of carboxylic acid groups (broad SMARTS) is 1. The number of pyridine rings is 1. The summed E-state index contributed by atoms with van der Waals surface area (Å²) < 4.78 is 5.34. The number of aliphatic carboxylic acids is 1. The lowest BCUT2D eigenvalue weighted by Crippen LogP contribution is -2.40. The van der Waals surface area contributed by atoms with Gasteiger partial charge in [0.1, 0.15) is 6.61 Å². The van der Waals surface area contributed by atoms with E-state index in [0.717, 1.165) is 0 Å². The van der Waals surface area contributed by atoms with Crippen LogP contribution in [-0.2, 0) is 4.79 Å². The van der Waals surface area contributed by atoms with Gasteiger partial charge in [-0.05, 0) is 12.5 Å². The van der Waals surface area contributed by atoms with Crippen LogP contribution in [0.15, 0.2) is 18.3 Å².